The van der Waals surface area contributed by atoms with E-state index in [0.29, 0.717) is 5.92 Å². The number of rotatable bonds is 5. The van der Waals surface area contributed by atoms with E-state index < -0.39 is 0 Å². The highest BCUT2D eigenvalue weighted by Gasteiger charge is 2.05. The molecular formula is C12H22. The van der Waals surface area contributed by atoms with Gasteiger partial charge in [0.2, 0.25) is 0 Å². The molecule has 0 fully saturated rings. The van der Waals surface area contributed by atoms with Crippen LogP contribution in [-0.4, -0.2) is 0 Å². The second kappa shape index (κ2) is 7.15. The largest absolute Gasteiger partial charge is 0.0911 e. The smallest absolute Gasteiger partial charge is 0.00261 e. The van der Waals surface area contributed by atoms with E-state index in [1.807, 2.05) is 0 Å². The molecule has 1 atom stereocenters. The van der Waals surface area contributed by atoms with Gasteiger partial charge in [-0.15, -0.1) is 0 Å². The molecule has 0 amide bonds. The Kier molecular flexibility index (Phi) is 6.84. The molecule has 0 aliphatic rings. The number of hydrogen-bond donors (Lipinski definition) is 0. The fourth-order valence-electron chi connectivity index (χ4n) is 1.57. The van der Waals surface area contributed by atoms with E-state index in [2.05, 4.69) is 45.9 Å². The summed E-state index contributed by atoms with van der Waals surface area (Å²) in [6.45, 7) is 8.80. The molecule has 12 heavy (non-hydrogen) atoms. The first-order valence-electron chi connectivity index (χ1n) is 5.11. The van der Waals surface area contributed by atoms with E-state index in [1.165, 1.54) is 12.8 Å². The first kappa shape index (κ1) is 11.5. The van der Waals surface area contributed by atoms with Gasteiger partial charge in [0, 0.05) is 0 Å². The minimum absolute atomic E-state index is 0.681. The molecule has 0 aromatic rings. The van der Waals surface area contributed by atoms with E-state index in [9.17, 15) is 0 Å². The second-order valence-corrected chi connectivity index (χ2v) is 3.08. The maximum absolute atomic E-state index is 2.37. The average molecular weight is 166 g/mol. The lowest BCUT2D eigenvalue weighted by molar-refractivity contribution is 0.693. The molecule has 0 nitrogen and oxygen atoms in total. The normalized spacial score (nSPS) is 15.5. The summed E-state index contributed by atoms with van der Waals surface area (Å²) < 4.78 is 0. The summed E-state index contributed by atoms with van der Waals surface area (Å²) >= 11 is 0. The van der Waals surface area contributed by atoms with Crippen LogP contribution in [0, 0.1) is 5.92 Å². The van der Waals surface area contributed by atoms with Gasteiger partial charge in [0.25, 0.3) is 0 Å². The van der Waals surface area contributed by atoms with Crippen molar-refractivity contribution in [3.05, 3.63) is 23.8 Å². The van der Waals surface area contributed by atoms with Crippen molar-refractivity contribution in [2.45, 2.75) is 47.0 Å². The molecule has 0 N–H and O–H groups in total. The van der Waals surface area contributed by atoms with Crippen LogP contribution in [0.4, 0.5) is 0 Å². The maximum atomic E-state index is 2.37. The zero-order valence-corrected chi connectivity index (χ0v) is 8.93. The Hall–Kier alpha value is -0.520. The molecule has 0 aliphatic carbocycles. The third-order valence-corrected chi connectivity index (χ3v) is 2.22. The minimum Gasteiger partial charge on any atom is -0.0911 e. The predicted octanol–water partition coefficient (Wildman–Crippen LogP) is 4.34. The summed E-state index contributed by atoms with van der Waals surface area (Å²) in [6, 6.07) is 0. The summed E-state index contributed by atoms with van der Waals surface area (Å²) in [5.41, 5.74) is 1.60. The van der Waals surface area contributed by atoms with E-state index in [-0.39, 0.29) is 0 Å². The van der Waals surface area contributed by atoms with Crippen molar-refractivity contribution in [3.8, 4) is 0 Å². The predicted molar refractivity (Wildman–Crippen MR) is 57.3 cm³/mol. The zero-order valence-electron chi connectivity index (χ0n) is 8.93. The lowest BCUT2D eigenvalue weighted by atomic mass is 9.93. The molecule has 70 valence electrons. The first-order chi connectivity index (χ1) is 5.79. The quantitative estimate of drug-likeness (QED) is 0.533. The van der Waals surface area contributed by atoms with Gasteiger partial charge in [-0.1, -0.05) is 44.6 Å². The van der Waals surface area contributed by atoms with E-state index in [0.717, 1.165) is 6.42 Å². The number of hydrogen-bond acceptors (Lipinski definition) is 0. The van der Waals surface area contributed by atoms with Crippen molar-refractivity contribution >= 4 is 0 Å². The molecular weight excluding hydrogens is 144 g/mol. The van der Waals surface area contributed by atoms with Gasteiger partial charge in [-0.3, -0.25) is 0 Å². The molecule has 0 spiro atoms. The third kappa shape index (κ3) is 3.75. The van der Waals surface area contributed by atoms with E-state index in [1.54, 1.807) is 5.57 Å². The van der Waals surface area contributed by atoms with Gasteiger partial charge in [0.1, 0.15) is 0 Å². The highest BCUT2D eigenvalue weighted by Crippen LogP contribution is 2.20. The van der Waals surface area contributed by atoms with Crippen molar-refractivity contribution in [1.29, 1.82) is 0 Å². The molecule has 0 radical (unpaired) electrons. The maximum Gasteiger partial charge on any atom is -0.00261 e. The molecule has 1 unspecified atom stereocenters. The van der Waals surface area contributed by atoms with Crippen LogP contribution in [0.5, 0.6) is 0 Å². The lowest BCUT2D eigenvalue weighted by Gasteiger charge is -2.13. The van der Waals surface area contributed by atoms with Gasteiger partial charge in [-0.05, 0) is 32.1 Å². The topological polar surface area (TPSA) is 0 Å². The Balaban J connectivity index is 4.33. The van der Waals surface area contributed by atoms with Crippen LogP contribution in [0.1, 0.15) is 47.0 Å². The van der Waals surface area contributed by atoms with Crippen LogP contribution >= 0.6 is 0 Å². The van der Waals surface area contributed by atoms with Gasteiger partial charge < -0.3 is 0 Å². The van der Waals surface area contributed by atoms with Gasteiger partial charge in [0.05, 0.1) is 0 Å². The summed E-state index contributed by atoms with van der Waals surface area (Å²) in [5.74, 6) is 0.681. The molecule has 0 saturated carbocycles. The molecule has 0 heteroatoms. The van der Waals surface area contributed by atoms with Crippen molar-refractivity contribution in [2.24, 2.45) is 5.92 Å². The molecule has 0 saturated heterocycles. The monoisotopic (exact) mass is 166 g/mol. The summed E-state index contributed by atoms with van der Waals surface area (Å²) in [4.78, 5) is 0. The van der Waals surface area contributed by atoms with Crippen LogP contribution in [0.25, 0.3) is 0 Å². The van der Waals surface area contributed by atoms with Crippen LogP contribution < -0.4 is 0 Å². The van der Waals surface area contributed by atoms with Gasteiger partial charge >= 0.3 is 0 Å². The molecule has 0 bridgehead atoms. The molecule has 0 aliphatic heterocycles. The standard InChI is InChI=1S/C12H22/c1-5-9-11(7-3)12(8-4)10-6-2/h5,9-11H,6-8H2,1-4H3. The summed E-state index contributed by atoms with van der Waals surface area (Å²) in [5, 5.41) is 0. The average Bonchev–Trinajstić information content (AvgIpc) is 2.11. The van der Waals surface area contributed by atoms with Gasteiger partial charge in [-0.2, -0.15) is 0 Å². The Morgan fingerprint density at radius 2 is 1.92 bits per heavy atom. The Labute approximate surface area is 77.4 Å². The lowest BCUT2D eigenvalue weighted by Crippen LogP contribution is -1.98. The second-order valence-electron chi connectivity index (χ2n) is 3.08. The molecule has 0 heterocycles. The zero-order chi connectivity index (χ0) is 9.40. The van der Waals surface area contributed by atoms with E-state index in [4.69, 9.17) is 0 Å². The summed E-state index contributed by atoms with van der Waals surface area (Å²) in [7, 11) is 0. The van der Waals surface area contributed by atoms with Gasteiger partial charge in [-0.25, -0.2) is 0 Å². The highest BCUT2D eigenvalue weighted by molar-refractivity contribution is 5.12. The van der Waals surface area contributed by atoms with Crippen molar-refractivity contribution in [2.75, 3.05) is 0 Å². The summed E-state index contributed by atoms with van der Waals surface area (Å²) in [6.07, 6.45) is 10.4. The van der Waals surface area contributed by atoms with E-state index >= 15 is 0 Å². The molecule has 0 aromatic carbocycles. The van der Waals surface area contributed by atoms with Crippen LogP contribution in [0.2, 0.25) is 0 Å². The SMILES string of the molecule is CC=CC(CC)C(=CCC)CC. The Bertz CT molecular complexity index is 151. The molecule has 0 aromatic heterocycles. The minimum atomic E-state index is 0.681. The van der Waals surface area contributed by atoms with Crippen molar-refractivity contribution < 1.29 is 0 Å². The molecule has 0 rings (SSSR count). The fraction of sp³-hybridized carbons (Fsp3) is 0.667. The highest BCUT2D eigenvalue weighted by atomic mass is 14.1. The first-order valence-corrected chi connectivity index (χ1v) is 5.11. The van der Waals surface area contributed by atoms with Crippen molar-refractivity contribution in [1.82, 2.24) is 0 Å². The van der Waals surface area contributed by atoms with Crippen LogP contribution in [0.15, 0.2) is 23.8 Å². The fourth-order valence-corrected chi connectivity index (χ4v) is 1.57. The third-order valence-electron chi connectivity index (χ3n) is 2.22. The van der Waals surface area contributed by atoms with Crippen molar-refractivity contribution in [3.63, 3.8) is 0 Å². The Morgan fingerprint density at radius 3 is 2.25 bits per heavy atom. The number of allylic oxidation sites excluding steroid dienone is 4. The van der Waals surface area contributed by atoms with Crippen LogP contribution in [0.3, 0.4) is 0 Å². The van der Waals surface area contributed by atoms with Gasteiger partial charge in [0.15, 0.2) is 0 Å². The Morgan fingerprint density at radius 1 is 1.25 bits per heavy atom. The van der Waals surface area contributed by atoms with Crippen LogP contribution in [-0.2, 0) is 0 Å².